The van der Waals surface area contributed by atoms with Gasteiger partial charge in [-0.15, -0.1) is 0 Å². The average Bonchev–Trinajstić information content (AvgIpc) is 2.36. The van der Waals surface area contributed by atoms with E-state index in [2.05, 4.69) is 4.84 Å². The molecule has 0 aliphatic heterocycles. The first kappa shape index (κ1) is 13.8. The van der Waals surface area contributed by atoms with E-state index in [9.17, 15) is 0 Å². The lowest BCUT2D eigenvalue weighted by Gasteiger charge is -2.14. The summed E-state index contributed by atoms with van der Waals surface area (Å²) in [7, 11) is 4.86. The fourth-order valence-electron chi connectivity index (χ4n) is 1.69. The molecule has 0 aromatic heterocycles. The van der Waals surface area contributed by atoms with E-state index in [4.69, 9.17) is 20.1 Å². The van der Waals surface area contributed by atoms with Crippen LogP contribution in [0.1, 0.15) is 11.1 Å². The molecule has 1 aromatic carbocycles. The second kappa shape index (κ2) is 7.11. The van der Waals surface area contributed by atoms with Gasteiger partial charge in [-0.25, -0.2) is 5.90 Å². The molecule has 0 bridgehead atoms. The van der Waals surface area contributed by atoms with Crippen LogP contribution in [0.25, 0.3) is 0 Å². The van der Waals surface area contributed by atoms with Gasteiger partial charge in [0.2, 0.25) is 0 Å². The lowest BCUT2D eigenvalue weighted by molar-refractivity contribution is 0.141. The van der Waals surface area contributed by atoms with Gasteiger partial charge in [0.05, 0.1) is 27.4 Å². The third-order valence-electron chi connectivity index (χ3n) is 2.42. The van der Waals surface area contributed by atoms with Gasteiger partial charge >= 0.3 is 0 Å². The molecular weight excluding hydrogens is 222 g/mol. The molecule has 0 heterocycles. The topological polar surface area (TPSA) is 62.9 Å². The van der Waals surface area contributed by atoms with Crippen LogP contribution in [-0.2, 0) is 22.6 Å². The molecule has 5 nitrogen and oxygen atoms in total. The Kier molecular flexibility index (Phi) is 5.76. The van der Waals surface area contributed by atoms with Crippen molar-refractivity contribution in [3.05, 3.63) is 23.3 Å². The molecule has 1 aromatic rings. The van der Waals surface area contributed by atoms with Gasteiger partial charge < -0.3 is 19.0 Å². The number of ether oxygens (including phenoxy) is 3. The third kappa shape index (κ3) is 3.59. The zero-order chi connectivity index (χ0) is 12.7. The predicted molar refractivity (Wildman–Crippen MR) is 64.1 cm³/mol. The Morgan fingerprint density at radius 1 is 1.12 bits per heavy atom. The van der Waals surface area contributed by atoms with Gasteiger partial charge in [-0.3, -0.25) is 0 Å². The molecule has 0 spiro atoms. The van der Waals surface area contributed by atoms with Crippen LogP contribution in [0.5, 0.6) is 11.5 Å². The van der Waals surface area contributed by atoms with Crippen molar-refractivity contribution in [2.24, 2.45) is 5.90 Å². The summed E-state index contributed by atoms with van der Waals surface area (Å²) < 4.78 is 15.7. The molecule has 0 saturated carbocycles. The van der Waals surface area contributed by atoms with Crippen LogP contribution >= 0.6 is 0 Å². The highest BCUT2D eigenvalue weighted by molar-refractivity contribution is 5.49. The summed E-state index contributed by atoms with van der Waals surface area (Å²) in [5.74, 6) is 6.41. The Bertz CT molecular complexity index is 355. The van der Waals surface area contributed by atoms with E-state index in [0.717, 1.165) is 11.1 Å². The van der Waals surface area contributed by atoms with Gasteiger partial charge in [0.1, 0.15) is 0 Å². The molecule has 0 aliphatic carbocycles. The van der Waals surface area contributed by atoms with E-state index in [0.29, 0.717) is 31.1 Å². The van der Waals surface area contributed by atoms with Gasteiger partial charge in [-0.1, -0.05) is 0 Å². The van der Waals surface area contributed by atoms with E-state index >= 15 is 0 Å². The van der Waals surface area contributed by atoms with Crippen LogP contribution in [0, 0.1) is 0 Å². The van der Waals surface area contributed by atoms with Crippen LogP contribution in [0.3, 0.4) is 0 Å². The molecule has 0 amide bonds. The molecule has 5 heteroatoms. The van der Waals surface area contributed by atoms with E-state index in [1.807, 2.05) is 12.1 Å². The first-order valence-electron chi connectivity index (χ1n) is 5.31. The summed E-state index contributed by atoms with van der Waals surface area (Å²) in [4.78, 5) is 4.57. The van der Waals surface area contributed by atoms with Crippen molar-refractivity contribution < 1.29 is 19.0 Å². The Morgan fingerprint density at radius 3 is 2.41 bits per heavy atom. The molecule has 0 saturated heterocycles. The SMILES string of the molecule is COCc1cc(CCON)cc(OC)c1OC. The minimum atomic E-state index is 0.460. The molecule has 0 fully saturated rings. The van der Waals surface area contributed by atoms with Crippen LogP contribution in [0.15, 0.2) is 12.1 Å². The molecule has 0 atom stereocenters. The minimum absolute atomic E-state index is 0.460. The largest absolute Gasteiger partial charge is 0.493 e. The lowest BCUT2D eigenvalue weighted by Crippen LogP contribution is -2.05. The van der Waals surface area contributed by atoms with Crippen molar-refractivity contribution in [3.8, 4) is 11.5 Å². The van der Waals surface area contributed by atoms with Crippen molar-refractivity contribution in [1.29, 1.82) is 0 Å². The molecular formula is C12H19NO4. The number of nitrogens with two attached hydrogens (primary N) is 1. The molecule has 0 unspecified atom stereocenters. The monoisotopic (exact) mass is 241 g/mol. The van der Waals surface area contributed by atoms with Crippen molar-refractivity contribution >= 4 is 0 Å². The van der Waals surface area contributed by atoms with Crippen molar-refractivity contribution in [3.63, 3.8) is 0 Å². The maximum atomic E-state index is 5.32. The Hall–Kier alpha value is -1.30. The number of hydrogen-bond acceptors (Lipinski definition) is 5. The Morgan fingerprint density at radius 2 is 1.88 bits per heavy atom. The number of rotatable bonds is 7. The summed E-state index contributed by atoms with van der Waals surface area (Å²) in [5, 5.41) is 0. The second-order valence-corrected chi connectivity index (χ2v) is 3.54. The average molecular weight is 241 g/mol. The summed E-state index contributed by atoms with van der Waals surface area (Å²) in [6.07, 6.45) is 0.716. The molecule has 1 rings (SSSR count). The van der Waals surface area contributed by atoms with E-state index in [1.54, 1.807) is 21.3 Å². The van der Waals surface area contributed by atoms with Crippen molar-refractivity contribution in [1.82, 2.24) is 0 Å². The molecule has 0 radical (unpaired) electrons. The fraction of sp³-hybridized carbons (Fsp3) is 0.500. The highest BCUT2D eigenvalue weighted by atomic mass is 16.6. The van der Waals surface area contributed by atoms with Gasteiger partial charge in [-0.05, 0) is 24.1 Å². The summed E-state index contributed by atoms with van der Waals surface area (Å²) in [6, 6.07) is 3.92. The minimum Gasteiger partial charge on any atom is -0.493 e. The summed E-state index contributed by atoms with van der Waals surface area (Å²) in [5.41, 5.74) is 2.02. The standard InChI is InChI=1S/C12H19NO4/c1-14-8-10-6-9(4-5-17-13)7-11(15-2)12(10)16-3/h6-7H,4-5,8,13H2,1-3H3. The molecule has 17 heavy (non-hydrogen) atoms. The predicted octanol–water partition coefficient (Wildman–Crippen LogP) is 1.28. The first-order valence-corrected chi connectivity index (χ1v) is 5.31. The van der Waals surface area contributed by atoms with Crippen LogP contribution < -0.4 is 15.4 Å². The first-order chi connectivity index (χ1) is 8.26. The Labute approximate surface area is 101 Å². The third-order valence-corrected chi connectivity index (χ3v) is 2.42. The van der Waals surface area contributed by atoms with Gasteiger partial charge in [-0.2, -0.15) is 0 Å². The van der Waals surface area contributed by atoms with Gasteiger partial charge in [0.15, 0.2) is 11.5 Å². The fourth-order valence-corrected chi connectivity index (χ4v) is 1.69. The summed E-state index contributed by atoms with van der Waals surface area (Å²) >= 11 is 0. The second-order valence-electron chi connectivity index (χ2n) is 3.54. The highest BCUT2D eigenvalue weighted by Gasteiger charge is 2.12. The van der Waals surface area contributed by atoms with Crippen LogP contribution in [0.2, 0.25) is 0 Å². The lowest BCUT2D eigenvalue weighted by atomic mass is 10.1. The molecule has 2 N–H and O–H groups in total. The number of benzene rings is 1. The zero-order valence-electron chi connectivity index (χ0n) is 10.5. The van der Waals surface area contributed by atoms with E-state index in [1.165, 1.54) is 0 Å². The van der Waals surface area contributed by atoms with Crippen molar-refractivity contribution in [2.45, 2.75) is 13.0 Å². The van der Waals surface area contributed by atoms with Crippen LogP contribution in [-0.4, -0.2) is 27.9 Å². The van der Waals surface area contributed by atoms with Gasteiger partial charge in [0.25, 0.3) is 0 Å². The highest BCUT2D eigenvalue weighted by Crippen LogP contribution is 2.33. The smallest absolute Gasteiger partial charge is 0.166 e. The molecule has 0 aliphatic rings. The van der Waals surface area contributed by atoms with E-state index < -0.39 is 0 Å². The van der Waals surface area contributed by atoms with E-state index in [-0.39, 0.29) is 0 Å². The number of methoxy groups -OCH3 is 3. The van der Waals surface area contributed by atoms with Crippen molar-refractivity contribution in [2.75, 3.05) is 27.9 Å². The number of hydrogen-bond donors (Lipinski definition) is 1. The quantitative estimate of drug-likeness (QED) is 0.729. The maximum Gasteiger partial charge on any atom is 0.166 e. The van der Waals surface area contributed by atoms with Crippen LogP contribution in [0.4, 0.5) is 0 Å². The normalized spacial score (nSPS) is 10.4. The zero-order valence-corrected chi connectivity index (χ0v) is 10.5. The van der Waals surface area contributed by atoms with Gasteiger partial charge in [0, 0.05) is 12.7 Å². The Balaban J connectivity index is 3.05. The summed E-state index contributed by atoms with van der Waals surface area (Å²) in [6.45, 7) is 0.929. The molecule has 96 valence electrons. The maximum absolute atomic E-state index is 5.32.